The molecule has 0 fully saturated rings. The zero-order valence-electron chi connectivity index (χ0n) is 8.35. The summed E-state index contributed by atoms with van der Waals surface area (Å²) in [7, 11) is 0. The summed E-state index contributed by atoms with van der Waals surface area (Å²) in [5, 5.41) is 0. The number of para-hydroxylation sites is 1. The van der Waals surface area contributed by atoms with E-state index in [1.165, 1.54) is 14.4 Å². The van der Waals surface area contributed by atoms with E-state index >= 15 is 0 Å². The third-order valence-corrected chi connectivity index (χ3v) is 5.19. The van der Waals surface area contributed by atoms with Crippen molar-refractivity contribution in [3.63, 3.8) is 0 Å². The van der Waals surface area contributed by atoms with Crippen molar-refractivity contribution in [3.8, 4) is 10.1 Å². The molecule has 0 unspecified atom stereocenters. The van der Waals surface area contributed by atoms with Gasteiger partial charge in [0.25, 0.3) is 0 Å². The van der Waals surface area contributed by atoms with Crippen LogP contribution in [-0.2, 0) is 0 Å². The van der Waals surface area contributed by atoms with Gasteiger partial charge in [-0.05, 0) is 0 Å². The second kappa shape index (κ2) is 4.17. The predicted octanol–water partition coefficient (Wildman–Crippen LogP) is 3.72. The number of rotatable bonds is 1. The van der Waals surface area contributed by atoms with Gasteiger partial charge in [0.2, 0.25) is 0 Å². The molecule has 1 nitrogen and oxygen atoms in total. The number of aromatic nitrogens is 1. The summed E-state index contributed by atoms with van der Waals surface area (Å²) >= 11 is 3.80. The van der Waals surface area contributed by atoms with Gasteiger partial charge in [0.1, 0.15) is 0 Å². The van der Waals surface area contributed by atoms with Gasteiger partial charge < -0.3 is 0 Å². The Labute approximate surface area is 108 Å². The van der Waals surface area contributed by atoms with Crippen LogP contribution < -0.4 is 0 Å². The summed E-state index contributed by atoms with van der Waals surface area (Å²) in [4.78, 5) is 4.68. The Morgan fingerprint density at radius 1 is 0.938 bits per heavy atom. The molecule has 1 aromatic heterocycles. The standard InChI is InChI=1S/C13H8BrNSe/c14-10-7-5-9(6-8-10)13-15-11-3-1-2-4-12(11)16-13/h1-8H. The van der Waals surface area contributed by atoms with E-state index in [0.29, 0.717) is 14.5 Å². The fourth-order valence-corrected chi connectivity index (χ4v) is 3.89. The van der Waals surface area contributed by atoms with Crippen LogP contribution in [0, 0.1) is 0 Å². The van der Waals surface area contributed by atoms with Gasteiger partial charge in [0, 0.05) is 0 Å². The van der Waals surface area contributed by atoms with E-state index in [1.54, 1.807) is 0 Å². The Kier molecular flexibility index (Phi) is 2.68. The molecule has 3 heteroatoms. The third-order valence-electron chi connectivity index (χ3n) is 2.39. The maximum atomic E-state index is 4.68. The van der Waals surface area contributed by atoms with Gasteiger partial charge in [-0.3, -0.25) is 0 Å². The van der Waals surface area contributed by atoms with Gasteiger partial charge in [-0.2, -0.15) is 0 Å². The van der Waals surface area contributed by atoms with Crippen LogP contribution in [0.1, 0.15) is 0 Å². The fraction of sp³-hybridized carbons (Fsp3) is 0. The molecule has 0 spiro atoms. The molecule has 0 amide bonds. The Morgan fingerprint density at radius 3 is 2.44 bits per heavy atom. The minimum atomic E-state index is 0.352. The second-order valence-electron chi connectivity index (χ2n) is 3.49. The van der Waals surface area contributed by atoms with Crippen molar-refractivity contribution in [2.24, 2.45) is 0 Å². The minimum absolute atomic E-state index is 0.352. The Morgan fingerprint density at radius 2 is 1.69 bits per heavy atom. The normalized spacial score (nSPS) is 10.8. The van der Waals surface area contributed by atoms with Crippen LogP contribution in [0.3, 0.4) is 0 Å². The summed E-state index contributed by atoms with van der Waals surface area (Å²) in [5.74, 6) is 0. The molecule has 0 bridgehead atoms. The summed E-state index contributed by atoms with van der Waals surface area (Å²) in [5.41, 5.74) is 2.37. The Bertz CT molecular complexity index is 595. The number of nitrogens with zero attached hydrogens (tertiary/aromatic N) is 1. The van der Waals surface area contributed by atoms with E-state index in [2.05, 4.69) is 63.4 Å². The molecular weight excluding hydrogens is 329 g/mol. The molecule has 0 aliphatic heterocycles. The first-order valence-electron chi connectivity index (χ1n) is 4.94. The van der Waals surface area contributed by atoms with Crippen LogP contribution in [0.15, 0.2) is 53.0 Å². The molecule has 3 rings (SSSR count). The number of hydrogen-bond donors (Lipinski definition) is 0. The zero-order chi connectivity index (χ0) is 11.0. The molecule has 0 atom stereocenters. The molecule has 16 heavy (non-hydrogen) atoms. The van der Waals surface area contributed by atoms with Crippen LogP contribution in [0.4, 0.5) is 0 Å². The number of benzene rings is 2. The Balaban J connectivity index is 2.15. The van der Waals surface area contributed by atoms with Gasteiger partial charge in [0.05, 0.1) is 0 Å². The van der Waals surface area contributed by atoms with E-state index in [0.717, 1.165) is 9.99 Å². The monoisotopic (exact) mass is 337 g/mol. The molecule has 1 heterocycles. The molecule has 2 aromatic carbocycles. The quantitative estimate of drug-likeness (QED) is 0.617. The fourth-order valence-electron chi connectivity index (χ4n) is 1.59. The molecule has 3 aromatic rings. The van der Waals surface area contributed by atoms with E-state index in [4.69, 9.17) is 0 Å². The van der Waals surface area contributed by atoms with E-state index in [-0.39, 0.29) is 0 Å². The molecule has 0 aliphatic carbocycles. The van der Waals surface area contributed by atoms with E-state index in [1.807, 2.05) is 6.07 Å². The molecule has 0 saturated carbocycles. The Hall–Kier alpha value is -0.891. The second-order valence-corrected chi connectivity index (χ2v) is 6.57. The SMILES string of the molecule is Brc1ccc(-c2nc3ccccc3[se]2)cc1. The number of halogens is 1. The van der Waals surface area contributed by atoms with Gasteiger partial charge in [0.15, 0.2) is 0 Å². The van der Waals surface area contributed by atoms with Gasteiger partial charge >= 0.3 is 108 Å². The molecular formula is C13H8BrNSe. The van der Waals surface area contributed by atoms with Crippen molar-refractivity contribution in [1.82, 2.24) is 4.98 Å². The third kappa shape index (κ3) is 1.86. The predicted molar refractivity (Wildman–Crippen MR) is 71.8 cm³/mol. The van der Waals surface area contributed by atoms with Crippen LogP contribution in [0.2, 0.25) is 0 Å². The summed E-state index contributed by atoms with van der Waals surface area (Å²) in [6.07, 6.45) is 0. The average Bonchev–Trinajstić information content (AvgIpc) is 2.73. The maximum absolute atomic E-state index is 4.68. The molecule has 0 aliphatic rings. The van der Waals surface area contributed by atoms with Crippen molar-refractivity contribution in [2.45, 2.75) is 0 Å². The van der Waals surface area contributed by atoms with Crippen LogP contribution in [0.5, 0.6) is 0 Å². The molecule has 78 valence electrons. The zero-order valence-corrected chi connectivity index (χ0v) is 11.7. The number of fused-ring (bicyclic) bond motifs is 1. The molecule has 0 N–H and O–H groups in total. The number of hydrogen-bond acceptors (Lipinski definition) is 1. The summed E-state index contributed by atoms with van der Waals surface area (Å²) in [6.45, 7) is 0. The summed E-state index contributed by atoms with van der Waals surface area (Å²) in [6, 6.07) is 16.8. The van der Waals surface area contributed by atoms with Crippen molar-refractivity contribution >= 4 is 40.2 Å². The van der Waals surface area contributed by atoms with Crippen LogP contribution in [0.25, 0.3) is 19.9 Å². The topological polar surface area (TPSA) is 12.9 Å². The first-order valence-corrected chi connectivity index (χ1v) is 7.45. The van der Waals surface area contributed by atoms with Crippen molar-refractivity contribution in [1.29, 1.82) is 0 Å². The van der Waals surface area contributed by atoms with Crippen molar-refractivity contribution in [2.75, 3.05) is 0 Å². The summed E-state index contributed by atoms with van der Waals surface area (Å²) < 4.78 is 3.72. The first-order chi connectivity index (χ1) is 7.83. The molecule has 0 saturated heterocycles. The van der Waals surface area contributed by atoms with Gasteiger partial charge in [-0.15, -0.1) is 0 Å². The molecule has 0 radical (unpaired) electrons. The van der Waals surface area contributed by atoms with Gasteiger partial charge in [-0.25, -0.2) is 0 Å². The van der Waals surface area contributed by atoms with E-state index in [9.17, 15) is 0 Å². The van der Waals surface area contributed by atoms with Crippen LogP contribution in [-0.4, -0.2) is 19.5 Å². The average molecular weight is 337 g/mol. The van der Waals surface area contributed by atoms with Crippen LogP contribution >= 0.6 is 15.9 Å². The van der Waals surface area contributed by atoms with Crippen molar-refractivity contribution < 1.29 is 0 Å². The van der Waals surface area contributed by atoms with Crippen molar-refractivity contribution in [3.05, 3.63) is 53.0 Å². The van der Waals surface area contributed by atoms with E-state index < -0.39 is 0 Å². The van der Waals surface area contributed by atoms with Gasteiger partial charge in [-0.1, -0.05) is 0 Å². The first kappa shape index (κ1) is 10.3.